The number of carbonyl (C=O) groups is 2. The van der Waals surface area contributed by atoms with Crippen LogP contribution in [0.25, 0.3) is 0 Å². The minimum atomic E-state index is -1.19. The Hall–Kier alpha value is -1.65. The van der Waals surface area contributed by atoms with Crippen LogP contribution in [0, 0.1) is 0 Å². The van der Waals surface area contributed by atoms with Gasteiger partial charge in [0.2, 0.25) is 0 Å². The highest BCUT2D eigenvalue weighted by atomic mass is 16.4. The number of aliphatic carboxylic acids is 1. The number of aldehydes is 1. The number of carboxylic acids is 1. The summed E-state index contributed by atoms with van der Waals surface area (Å²) >= 11 is 0. The predicted molar refractivity (Wildman–Crippen MR) is 34.5 cm³/mol. The van der Waals surface area contributed by atoms with Crippen LogP contribution < -0.4 is 5.43 Å². The third-order valence-corrected chi connectivity index (χ3v) is 0.525. The smallest absolute Gasteiger partial charge is 0.348 e. The van der Waals surface area contributed by atoms with E-state index in [9.17, 15) is 9.59 Å². The van der Waals surface area contributed by atoms with Crippen molar-refractivity contribution in [1.82, 2.24) is 5.43 Å². The van der Waals surface area contributed by atoms with Crippen molar-refractivity contribution < 1.29 is 14.7 Å². The molecule has 0 saturated carbocycles. The van der Waals surface area contributed by atoms with Crippen LogP contribution in [-0.2, 0) is 9.59 Å². The molecule has 0 heterocycles. The molecule has 0 rings (SSSR count). The van der Waals surface area contributed by atoms with Crippen molar-refractivity contribution in [2.45, 2.75) is 0 Å². The summed E-state index contributed by atoms with van der Waals surface area (Å²) in [6, 6.07) is 0. The normalized spacial score (nSPS) is 9.20. The number of hydrogen-bond acceptors (Lipinski definition) is 4. The monoisotopic (exact) mass is 142 g/mol. The second kappa shape index (κ2) is 4.25. The third-order valence-electron chi connectivity index (χ3n) is 0.525. The Bertz CT molecular complexity index is 185. The van der Waals surface area contributed by atoms with E-state index in [1.54, 1.807) is 0 Å². The van der Waals surface area contributed by atoms with E-state index < -0.39 is 5.97 Å². The van der Waals surface area contributed by atoms with Gasteiger partial charge in [-0.15, -0.1) is 0 Å². The van der Waals surface area contributed by atoms with Gasteiger partial charge in [0, 0.05) is 0 Å². The molecule has 0 radical (unpaired) electrons. The van der Waals surface area contributed by atoms with E-state index in [-0.39, 0.29) is 5.70 Å². The SMILES string of the molecule is C=C(C=O)N/N=C/C(=O)O. The van der Waals surface area contributed by atoms with E-state index >= 15 is 0 Å². The molecule has 0 amide bonds. The summed E-state index contributed by atoms with van der Waals surface area (Å²) in [5, 5.41) is 11.1. The molecule has 0 aromatic heterocycles. The fraction of sp³-hybridized carbons (Fsp3) is 0. The molecule has 0 aliphatic carbocycles. The number of hydrazone groups is 1. The molecular formula is C5H6N2O3. The Balaban J connectivity index is 3.63. The minimum absolute atomic E-state index is 0.0116. The highest BCUT2D eigenvalue weighted by Crippen LogP contribution is 1.72. The van der Waals surface area contributed by atoms with Gasteiger partial charge >= 0.3 is 5.97 Å². The van der Waals surface area contributed by atoms with Gasteiger partial charge in [0.05, 0.1) is 5.70 Å². The summed E-state index contributed by atoms with van der Waals surface area (Å²) in [7, 11) is 0. The van der Waals surface area contributed by atoms with E-state index in [1.165, 1.54) is 0 Å². The summed E-state index contributed by atoms with van der Waals surface area (Å²) in [6.07, 6.45) is 1.05. The van der Waals surface area contributed by atoms with Crippen molar-refractivity contribution in [3.8, 4) is 0 Å². The van der Waals surface area contributed by atoms with Gasteiger partial charge in [-0.25, -0.2) is 4.79 Å². The standard InChI is InChI=1S/C5H6N2O3/c1-4(3-8)7-6-2-5(9)10/h2-3,7H,1H2,(H,9,10)/b6-2+. The number of carbonyl (C=O) groups excluding carboxylic acids is 1. The van der Waals surface area contributed by atoms with Crippen LogP contribution in [-0.4, -0.2) is 23.6 Å². The zero-order valence-corrected chi connectivity index (χ0v) is 5.07. The van der Waals surface area contributed by atoms with Crippen molar-refractivity contribution in [2.24, 2.45) is 5.10 Å². The number of carboxylic acid groups (broad SMARTS) is 1. The zero-order valence-electron chi connectivity index (χ0n) is 5.07. The van der Waals surface area contributed by atoms with Gasteiger partial charge in [-0.3, -0.25) is 10.2 Å². The molecule has 2 N–H and O–H groups in total. The third kappa shape index (κ3) is 4.51. The largest absolute Gasteiger partial charge is 0.477 e. The second-order valence-electron chi connectivity index (χ2n) is 1.35. The topological polar surface area (TPSA) is 78.8 Å². The Kier molecular flexibility index (Phi) is 3.55. The van der Waals surface area contributed by atoms with Crippen molar-refractivity contribution in [3.05, 3.63) is 12.3 Å². The first-order chi connectivity index (χ1) is 4.66. The molecule has 0 unspecified atom stereocenters. The highest BCUT2D eigenvalue weighted by molar-refractivity contribution is 6.21. The molecule has 54 valence electrons. The van der Waals surface area contributed by atoms with E-state index in [4.69, 9.17) is 5.11 Å². The van der Waals surface area contributed by atoms with E-state index in [0.29, 0.717) is 12.5 Å². The van der Waals surface area contributed by atoms with Crippen molar-refractivity contribution >= 4 is 18.5 Å². The van der Waals surface area contributed by atoms with Gasteiger partial charge in [0.1, 0.15) is 6.21 Å². The summed E-state index contributed by atoms with van der Waals surface area (Å²) in [4.78, 5) is 19.6. The fourth-order valence-electron chi connectivity index (χ4n) is 0.197. The van der Waals surface area contributed by atoms with E-state index in [1.807, 2.05) is 0 Å². The molecule has 0 bridgehead atoms. The summed E-state index contributed by atoms with van der Waals surface area (Å²) in [6.45, 7) is 3.18. The Morgan fingerprint density at radius 2 is 2.30 bits per heavy atom. The fourth-order valence-corrected chi connectivity index (χ4v) is 0.197. The zero-order chi connectivity index (χ0) is 7.98. The molecule has 5 nitrogen and oxygen atoms in total. The Morgan fingerprint density at radius 1 is 1.70 bits per heavy atom. The molecule has 0 fully saturated rings. The van der Waals surface area contributed by atoms with Gasteiger partial charge < -0.3 is 5.11 Å². The summed E-state index contributed by atoms with van der Waals surface area (Å²) in [5.74, 6) is -1.19. The quantitative estimate of drug-likeness (QED) is 0.237. The molecule has 0 aromatic carbocycles. The van der Waals surface area contributed by atoms with Gasteiger partial charge in [-0.1, -0.05) is 6.58 Å². The maximum absolute atomic E-state index is 9.80. The van der Waals surface area contributed by atoms with E-state index in [2.05, 4.69) is 17.1 Å². The number of hydrogen-bond donors (Lipinski definition) is 2. The Morgan fingerprint density at radius 3 is 2.70 bits per heavy atom. The molecule has 0 atom stereocenters. The number of nitrogens with one attached hydrogen (secondary N) is 1. The Labute approximate surface area is 57.0 Å². The second-order valence-corrected chi connectivity index (χ2v) is 1.35. The number of rotatable bonds is 4. The molecule has 0 spiro atoms. The van der Waals surface area contributed by atoms with Crippen LogP contribution in [0.3, 0.4) is 0 Å². The predicted octanol–water partition coefficient (Wildman–Crippen LogP) is -0.641. The maximum atomic E-state index is 9.80. The lowest BCUT2D eigenvalue weighted by Gasteiger charge is -1.90. The molecule has 10 heavy (non-hydrogen) atoms. The van der Waals surface area contributed by atoms with Crippen LogP contribution in [0.2, 0.25) is 0 Å². The first kappa shape index (κ1) is 8.35. The molecule has 0 aliphatic heterocycles. The number of allylic oxidation sites excluding steroid dienone is 1. The average molecular weight is 142 g/mol. The minimum Gasteiger partial charge on any atom is -0.477 e. The first-order valence-corrected chi connectivity index (χ1v) is 2.33. The van der Waals surface area contributed by atoms with Crippen LogP contribution in [0.4, 0.5) is 0 Å². The first-order valence-electron chi connectivity index (χ1n) is 2.33. The van der Waals surface area contributed by atoms with Gasteiger partial charge in [0.15, 0.2) is 6.29 Å². The molecule has 5 heteroatoms. The molecule has 0 aromatic rings. The lowest BCUT2D eigenvalue weighted by Crippen LogP contribution is -2.07. The highest BCUT2D eigenvalue weighted by Gasteiger charge is 1.86. The van der Waals surface area contributed by atoms with Crippen molar-refractivity contribution in [2.75, 3.05) is 0 Å². The molecular weight excluding hydrogens is 136 g/mol. The average Bonchev–Trinajstić information content (AvgIpc) is 1.87. The van der Waals surface area contributed by atoms with Crippen molar-refractivity contribution in [3.63, 3.8) is 0 Å². The van der Waals surface area contributed by atoms with E-state index in [0.717, 1.165) is 0 Å². The number of nitrogens with zero attached hydrogens (tertiary/aromatic N) is 1. The lowest BCUT2D eigenvalue weighted by molar-refractivity contribution is -0.128. The van der Waals surface area contributed by atoms with Crippen LogP contribution >= 0.6 is 0 Å². The summed E-state index contributed by atoms with van der Waals surface area (Å²) in [5.41, 5.74) is 2.10. The van der Waals surface area contributed by atoms with Crippen LogP contribution in [0.5, 0.6) is 0 Å². The lowest BCUT2D eigenvalue weighted by atomic mass is 10.6. The molecule has 0 aliphatic rings. The summed E-state index contributed by atoms with van der Waals surface area (Å²) < 4.78 is 0. The van der Waals surface area contributed by atoms with Crippen LogP contribution in [0.15, 0.2) is 17.4 Å². The molecule has 0 saturated heterocycles. The van der Waals surface area contributed by atoms with Crippen LogP contribution in [0.1, 0.15) is 0 Å². The van der Waals surface area contributed by atoms with Gasteiger partial charge in [0.25, 0.3) is 0 Å². The maximum Gasteiger partial charge on any atom is 0.348 e. The van der Waals surface area contributed by atoms with Gasteiger partial charge in [-0.05, 0) is 0 Å². The van der Waals surface area contributed by atoms with Gasteiger partial charge in [-0.2, -0.15) is 5.10 Å². The van der Waals surface area contributed by atoms with Crippen molar-refractivity contribution in [1.29, 1.82) is 0 Å².